The van der Waals surface area contributed by atoms with Crippen LogP contribution in [0.25, 0.3) is 11.4 Å². The van der Waals surface area contributed by atoms with Gasteiger partial charge in [-0.25, -0.2) is 4.68 Å². The largest absolute Gasteiger partial charge is 0.497 e. The molecular weight excluding hydrogens is 452 g/mol. The second-order valence-corrected chi connectivity index (χ2v) is 9.66. The molecule has 1 saturated heterocycles. The molecule has 1 aromatic carbocycles. The van der Waals surface area contributed by atoms with Gasteiger partial charge in [-0.15, -0.1) is 10.2 Å². The van der Waals surface area contributed by atoms with E-state index in [1.165, 1.54) is 24.6 Å². The molecule has 2 aliphatic rings. The minimum absolute atomic E-state index is 0.0811. The van der Waals surface area contributed by atoms with Crippen molar-refractivity contribution in [2.75, 3.05) is 24.8 Å². The summed E-state index contributed by atoms with van der Waals surface area (Å²) in [7, 11) is 1.65. The fourth-order valence-electron chi connectivity index (χ4n) is 4.67. The molecule has 1 unspecified atom stereocenters. The molecule has 2 aromatic heterocycles. The average Bonchev–Trinajstić information content (AvgIpc) is 3.66. The third-order valence-electron chi connectivity index (χ3n) is 6.42. The second-order valence-electron chi connectivity index (χ2n) is 8.72. The summed E-state index contributed by atoms with van der Waals surface area (Å²) in [5.41, 5.74) is 0.947. The molecule has 1 amide bonds. The molecule has 1 aliphatic heterocycles. The quantitative estimate of drug-likeness (QED) is 0.457. The number of benzene rings is 1. The van der Waals surface area contributed by atoms with Crippen molar-refractivity contribution in [3.05, 3.63) is 36.5 Å². The topological polar surface area (TPSA) is 96.1 Å². The van der Waals surface area contributed by atoms with Gasteiger partial charge in [0.25, 0.3) is 0 Å². The molecule has 3 heterocycles. The Morgan fingerprint density at radius 3 is 2.71 bits per heavy atom. The summed E-state index contributed by atoms with van der Waals surface area (Å²) in [5, 5.41) is 17.0. The molecule has 1 atom stereocenters. The van der Waals surface area contributed by atoms with E-state index in [0.29, 0.717) is 17.7 Å². The maximum atomic E-state index is 12.8. The summed E-state index contributed by atoms with van der Waals surface area (Å²) in [6, 6.07) is 10.0. The highest BCUT2D eigenvalue weighted by Crippen LogP contribution is 2.32. The summed E-state index contributed by atoms with van der Waals surface area (Å²) in [4.78, 5) is 12.8. The Hall–Kier alpha value is -2.85. The Morgan fingerprint density at radius 2 is 1.97 bits per heavy atom. The van der Waals surface area contributed by atoms with Gasteiger partial charge in [-0.1, -0.05) is 24.6 Å². The summed E-state index contributed by atoms with van der Waals surface area (Å²) in [6.07, 6.45) is 8.59. The second kappa shape index (κ2) is 10.6. The molecule has 1 aliphatic carbocycles. The lowest BCUT2D eigenvalue weighted by Gasteiger charge is -2.16. The van der Waals surface area contributed by atoms with Crippen molar-refractivity contribution in [2.24, 2.45) is 0 Å². The lowest BCUT2D eigenvalue weighted by molar-refractivity contribution is -0.113. The average molecular weight is 483 g/mol. The van der Waals surface area contributed by atoms with E-state index >= 15 is 0 Å². The van der Waals surface area contributed by atoms with Crippen LogP contribution in [0.4, 0.5) is 5.82 Å². The van der Waals surface area contributed by atoms with E-state index in [0.717, 1.165) is 55.2 Å². The van der Waals surface area contributed by atoms with Gasteiger partial charge in [0, 0.05) is 18.2 Å². The Kier molecular flexibility index (Phi) is 7.15. The first-order chi connectivity index (χ1) is 16.7. The molecule has 0 bridgehead atoms. The highest BCUT2D eigenvalue weighted by Gasteiger charge is 2.23. The summed E-state index contributed by atoms with van der Waals surface area (Å²) in [6.45, 7) is 1.44. The SMILES string of the molecule is COc1ccc(-c2nnc(SCC(=O)Nc3ccnn3C3CCCC3)n2CC2CCCO2)cc1. The monoisotopic (exact) mass is 482 g/mol. The van der Waals surface area contributed by atoms with E-state index in [-0.39, 0.29) is 17.8 Å². The molecule has 34 heavy (non-hydrogen) atoms. The highest BCUT2D eigenvalue weighted by molar-refractivity contribution is 7.99. The van der Waals surface area contributed by atoms with E-state index in [4.69, 9.17) is 9.47 Å². The first-order valence-corrected chi connectivity index (χ1v) is 12.8. The molecule has 0 radical (unpaired) electrons. The molecule has 9 nitrogen and oxygen atoms in total. The molecule has 180 valence electrons. The van der Waals surface area contributed by atoms with Crippen molar-refractivity contribution in [3.8, 4) is 17.1 Å². The molecule has 2 fully saturated rings. The van der Waals surface area contributed by atoms with Gasteiger partial charge in [0.1, 0.15) is 11.6 Å². The molecular formula is C24H30N6O3S. The summed E-state index contributed by atoms with van der Waals surface area (Å²) >= 11 is 1.39. The van der Waals surface area contributed by atoms with Crippen LogP contribution < -0.4 is 10.1 Å². The number of methoxy groups -OCH3 is 1. The fourth-order valence-corrected chi connectivity index (χ4v) is 5.42. The third kappa shape index (κ3) is 5.12. The van der Waals surface area contributed by atoms with E-state index in [2.05, 4.69) is 25.2 Å². The number of aromatic nitrogens is 5. The van der Waals surface area contributed by atoms with Gasteiger partial charge < -0.3 is 14.8 Å². The number of hydrogen-bond donors (Lipinski definition) is 1. The van der Waals surface area contributed by atoms with E-state index in [9.17, 15) is 4.79 Å². The van der Waals surface area contributed by atoms with Crippen LogP contribution in [0.15, 0.2) is 41.7 Å². The van der Waals surface area contributed by atoms with E-state index in [1.807, 2.05) is 35.0 Å². The van der Waals surface area contributed by atoms with E-state index in [1.54, 1.807) is 13.3 Å². The molecule has 1 saturated carbocycles. The van der Waals surface area contributed by atoms with Crippen molar-refractivity contribution >= 4 is 23.5 Å². The van der Waals surface area contributed by atoms with Crippen LogP contribution in [0.1, 0.15) is 44.6 Å². The van der Waals surface area contributed by atoms with Crippen LogP contribution in [-0.4, -0.2) is 56.0 Å². The zero-order valence-electron chi connectivity index (χ0n) is 19.4. The van der Waals surface area contributed by atoms with Crippen LogP contribution in [0.3, 0.4) is 0 Å². The number of thioether (sulfide) groups is 1. The van der Waals surface area contributed by atoms with Gasteiger partial charge in [0.15, 0.2) is 11.0 Å². The first-order valence-electron chi connectivity index (χ1n) is 11.9. The Bertz CT molecular complexity index is 1100. The normalized spacial score (nSPS) is 18.4. The van der Waals surface area contributed by atoms with Gasteiger partial charge in [-0.05, 0) is 49.9 Å². The standard InChI is InChI=1S/C24H30N6O3S/c1-32-19-10-8-17(9-11-19)23-27-28-24(29(23)15-20-7-4-14-33-20)34-16-22(31)26-21-12-13-25-30(21)18-5-2-3-6-18/h8-13,18,20H,2-7,14-16H2,1H3,(H,26,31). The van der Waals surface area contributed by atoms with Gasteiger partial charge in [-0.3, -0.25) is 9.36 Å². The zero-order valence-corrected chi connectivity index (χ0v) is 20.2. The minimum Gasteiger partial charge on any atom is -0.497 e. The maximum absolute atomic E-state index is 12.8. The van der Waals surface area contributed by atoms with Crippen LogP contribution in [-0.2, 0) is 16.1 Å². The number of carbonyl (C=O) groups excluding carboxylic acids is 1. The molecule has 10 heteroatoms. The van der Waals surface area contributed by atoms with Gasteiger partial charge in [0.05, 0.1) is 37.8 Å². The number of anilines is 1. The number of nitrogens with one attached hydrogen (secondary N) is 1. The van der Waals surface area contributed by atoms with Gasteiger partial charge in [-0.2, -0.15) is 5.10 Å². The van der Waals surface area contributed by atoms with Gasteiger partial charge in [0.2, 0.25) is 5.91 Å². The van der Waals surface area contributed by atoms with Crippen molar-refractivity contribution in [1.82, 2.24) is 24.5 Å². The lowest BCUT2D eigenvalue weighted by Crippen LogP contribution is -2.20. The number of nitrogens with zero attached hydrogens (tertiary/aromatic N) is 5. The Morgan fingerprint density at radius 1 is 1.15 bits per heavy atom. The smallest absolute Gasteiger partial charge is 0.235 e. The molecule has 1 N–H and O–H groups in total. The van der Waals surface area contributed by atoms with Crippen LogP contribution >= 0.6 is 11.8 Å². The molecule has 5 rings (SSSR count). The van der Waals surface area contributed by atoms with Crippen LogP contribution in [0, 0.1) is 0 Å². The minimum atomic E-state index is -0.0811. The lowest BCUT2D eigenvalue weighted by atomic mass is 10.2. The van der Waals surface area contributed by atoms with Crippen molar-refractivity contribution in [2.45, 2.75) is 62.4 Å². The number of amides is 1. The van der Waals surface area contributed by atoms with Crippen molar-refractivity contribution in [3.63, 3.8) is 0 Å². The molecule has 0 spiro atoms. The predicted octanol–water partition coefficient (Wildman–Crippen LogP) is 4.18. The van der Waals surface area contributed by atoms with Gasteiger partial charge >= 0.3 is 0 Å². The number of carbonyl (C=O) groups is 1. The summed E-state index contributed by atoms with van der Waals surface area (Å²) in [5.74, 6) is 2.47. The fraction of sp³-hybridized carbons (Fsp3) is 0.500. The van der Waals surface area contributed by atoms with Crippen LogP contribution in [0.2, 0.25) is 0 Å². The Labute approximate surface area is 203 Å². The number of hydrogen-bond acceptors (Lipinski definition) is 7. The Balaban J connectivity index is 1.29. The maximum Gasteiger partial charge on any atom is 0.235 e. The predicted molar refractivity (Wildman–Crippen MR) is 130 cm³/mol. The zero-order chi connectivity index (χ0) is 23.3. The van der Waals surface area contributed by atoms with Crippen LogP contribution in [0.5, 0.6) is 5.75 Å². The first kappa shape index (κ1) is 22.9. The van der Waals surface area contributed by atoms with Crippen molar-refractivity contribution < 1.29 is 14.3 Å². The highest BCUT2D eigenvalue weighted by atomic mass is 32.2. The molecule has 3 aromatic rings. The number of ether oxygens (including phenoxy) is 2. The summed E-state index contributed by atoms with van der Waals surface area (Å²) < 4.78 is 15.2. The van der Waals surface area contributed by atoms with E-state index < -0.39 is 0 Å². The van der Waals surface area contributed by atoms with Crippen molar-refractivity contribution in [1.29, 1.82) is 0 Å². The third-order valence-corrected chi connectivity index (χ3v) is 7.38. The number of rotatable bonds is 9.